The number of nitrogens with zero attached hydrogens (tertiary/aromatic N) is 6. The first-order chi connectivity index (χ1) is 14.5. The fourth-order valence-corrected chi connectivity index (χ4v) is 5.25. The summed E-state index contributed by atoms with van der Waals surface area (Å²) < 4.78 is 3.41. The van der Waals surface area contributed by atoms with Crippen LogP contribution in [0.15, 0.2) is 40.4 Å². The van der Waals surface area contributed by atoms with Gasteiger partial charge in [0.25, 0.3) is 5.56 Å². The molecule has 0 unspecified atom stereocenters. The third-order valence-corrected chi connectivity index (χ3v) is 6.98. The maximum atomic E-state index is 13.3. The van der Waals surface area contributed by atoms with Crippen LogP contribution in [0.2, 0.25) is 0 Å². The van der Waals surface area contributed by atoms with E-state index in [1.54, 1.807) is 15.4 Å². The average Bonchev–Trinajstić information content (AvgIpc) is 3.33. The molecular weight excluding hydrogens is 400 g/mol. The van der Waals surface area contributed by atoms with Crippen LogP contribution >= 0.6 is 11.8 Å². The minimum Gasteiger partial charge on any atom is -0.340 e. The number of carbonyl (C=O) groups is 1. The van der Waals surface area contributed by atoms with E-state index in [0.29, 0.717) is 28.4 Å². The number of piperazine rings is 1. The van der Waals surface area contributed by atoms with E-state index in [1.807, 2.05) is 36.1 Å². The van der Waals surface area contributed by atoms with Gasteiger partial charge in [0.15, 0.2) is 10.8 Å². The van der Waals surface area contributed by atoms with Gasteiger partial charge in [-0.25, -0.2) is 9.67 Å². The van der Waals surface area contributed by atoms with Gasteiger partial charge in [0, 0.05) is 38.4 Å². The number of carbonyl (C=O) groups excluding carboxylic acids is 1. The minimum atomic E-state index is -0.163. The topological polar surface area (TPSA) is 76.3 Å². The number of aryl methyl sites for hydroxylation is 1. The molecule has 5 rings (SSSR count). The molecule has 1 saturated heterocycles. The second kappa shape index (κ2) is 7.55. The van der Waals surface area contributed by atoms with Gasteiger partial charge in [-0.3, -0.25) is 14.2 Å². The Labute approximate surface area is 178 Å². The molecule has 156 valence electrons. The van der Waals surface area contributed by atoms with Crippen molar-refractivity contribution < 1.29 is 4.79 Å². The quantitative estimate of drug-likeness (QED) is 0.596. The van der Waals surface area contributed by atoms with E-state index >= 15 is 0 Å². The molecule has 0 saturated carbocycles. The van der Waals surface area contributed by atoms with Crippen molar-refractivity contribution in [2.45, 2.75) is 24.5 Å². The van der Waals surface area contributed by atoms with E-state index in [2.05, 4.69) is 17.0 Å². The predicted molar refractivity (Wildman–Crippen MR) is 116 cm³/mol. The van der Waals surface area contributed by atoms with Gasteiger partial charge < -0.3 is 9.80 Å². The highest BCUT2D eigenvalue weighted by molar-refractivity contribution is 7.99. The molecule has 2 aliphatic rings. The molecule has 9 heteroatoms. The summed E-state index contributed by atoms with van der Waals surface area (Å²) in [6.45, 7) is 5.30. The summed E-state index contributed by atoms with van der Waals surface area (Å²) in [5.41, 5.74) is 2.45. The van der Waals surface area contributed by atoms with Crippen LogP contribution in [0.1, 0.15) is 18.0 Å². The third-order valence-electron chi connectivity index (χ3n) is 5.88. The van der Waals surface area contributed by atoms with Gasteiger partial charge in [-0.2, -0.15) is 5.10 Å². The number of hydrogen-bond donors (Lipinski definition) is 0. The van der Waals surface area contributed by atoms with Crippen molar-refractivity contribution in [2.75, 3.05) is 39.0 Å². The molecule has 0 N–H and O–H groups in total. The predicted octanol–water partition coefficient (Wildman–Crippen LogP) is 1.70. The van der Waals surface area contributed by atoms with E-state index in [9.17, 15) is 9.59 Å². The smallest absolute Gasteiger partial charge is 0.265 e. The Morgan fingerprint density at radius 2 is 2.03 bits per heavy atom. The zero-order valence-corrected chi connectivity index (χ0v) is 17.9. The van der Waals surface area contributed by atoms with Crippen LogP contribution in [0.4, 0.5) is 0 Å². The van der Waals surface area contributed by atoms with Crippen LogP contribution in [0.25, 0.3) is 16.7 Å². The van der Waals surface area contributed by atoms with E-state index in [4.69, 9.17) is 4.98 Å². The lowest BCUT2D eigenvalue weighted by Gasteiger charge is -2.33. The van der Waals surface area contributed by atoms with E-state index < -0.39 is 0 Å². The van der Waals surface area contributed by atoms with Gasteiger partial charge >= 0.3 is 0 Å². The van der Waals surface area contributed by atoms with Gasteiger partial charge in [-0.1, -0.05) is 23.9 Å². The number of amides is 1. The molecule has 0 radical (unpaired) electrons. The molecule has 4 heterocycles. The lowest BCUT2D eigenvalue weighted by Crippen LogP contribution is -2.47. The van der Waals surface area contributed by atoms with E-state index in [-0.39, 0.29) is 17.5 Å². The van der Waals surface area contributed by atoms with Gasteiger partial charge in [0.2, 0.25) is 5.91 Å². The minimum absolute atomic E-state index is 0.115. The summed E-state index contributed by atoms with van der Waals surface area (Å²) in [4.78, 5) is 35.0. The van der Waals surface area contributed by atoms with Crippen LogP contribution in [-0.2, 0) is 4.79 Å². The molecule has 0 aliphatic carbocycles. The van der Waals surface area contributed by atoms with E-state index in [0.717, 1.165) is 37.4 Å². The second-order valence-corrected chi connectivity index (χ2v) is 9.04. The van der Waals surface area contributed by atoms with Gasteiger partial charge in [0.05, 0.1) is 17.9 Å². The lowest BCUT2D eigenvalue weighted by atomic mass is 10.2. The first kappa shape index (κ1) is 19.3. The number of thioether (sulfide) groups is 1. The summed E-state index contributed by atoms with van der Waals surface area (Å²) in [7, 11) is 2.07. The van der Waals surface area contributed by atoms with Crippen molar-refractivity contribution in [3.05, 3.63) is 46.4 Å². The van der Waals surface area contributed by atoms with Gasteiger partial charge in [-0.15, -0.1) is 0 Å². The number of hydrogen-bond acceptors (Lipinski definition) is 6. The number of likely N-dealkylation sites (N-methyl/N-ethyl adjacent to an activating group) is 1. The molecule has 2 aliphatic heterocycles. The number of benzene rings is 1. The van der Waals surface area contributed by atoms with E-state index in [1.165, 1.54) is 11.8 Å². The van der Waals surface area contributed by atoms with Crippen LogP contribution in [0.5, 0.6) is 0 Å². The summed E-state index contributed by atoms with van der Waals surface area (Å²) in [5, 5.41) is 5.58. The second-order valence-electron chi connectivity index (χ2n) is 8.06. The average molecular weight is 425 g/mol. The summed E-state index contributed by atoms with van der Waals surface area (Å²) in [5.74, 6) is 0.802. The highest BCUT2D eigenvalue weighted by Crippen LogP contribution is 2.33. The Balaban J connectivity index is 1.46. The molecule has 0 spiro atoms. The Kier molecular flexibility index (Phi) is 4.86. The zero-order chi connectivity index (χ0) is 20.8. The van der Waals surface area contributed by atoms with Crippen molar-refractivity contribution in [1.82, 2.24) is 29.1 Å². The van der Waals surface area contributed by atoms with Crippen LogP contribution in [0.3, 0.4) is 0 Å². The Morgan fingerprint density at radius 1 is 1.23 bits per heavy atom. The highest BCUT2D eigenvalue weighted by atomic mass is 32.2. The molecular formula is C21H24N6O2S. The van der Waals surface area contributed by atoms with Crippen molar-refractivity contribution >= 4 is 28.7 Å². The Bertz CT molecular complexity index is 1180. The van der Waals surface area contributed by atoms with Crippen molar-refractivity contribution in [3.63, 3.8) is 0 Å². The zero-order valence-electron chi connectivity index (χ0n) is 17.1. The fraction of sp³-hybridized carbons (Fsp3) is 0.429. The monoisotopic (exact) mass is 424 g/mol. The fourth-order valence-electron chi connectivity index (χ4n) is 4.12. The number of rotatable bonds is 3. The number of aromatic nitrogens is 4. The van der Waals surface area contributed by atoms with Crippen molar-refractivity contribution in [3.8, 4) is 5.69 Å². The first-order valence-electron chi connectivity index (χ1n) is 10.2. The van der Waals surface area contributed by atoms with Gasteiger partial charge in [0.1, 0.15) is 5.39 Å². The maximum Gasteiger partial charge on any atom is 0.265 e. The Hall–Kier alpha value is -2.65. The lowest BCUT2D eigenvalue weighted by molar-refractivity contribution is -0.133. The SMILES string of the molecule is Cc1cccc(-n2ncc3c(=O)n4c(nc32)SC[C@@H]4CC(=O)N2CCN(C)CC2)c1. The molecule has 2 aromatic heterocycles. The highest BCUT2D eigenvalue weighted by Gasteiger charge is 2.31. The molecule has 1 aromatic carbocycles. The third kappa shape index (κ3) is 3.31. The summed E-state index contributed by atoms with van der Waals surface area (Å²) in [6.07, 6.45) is 1.92. The normalized spacial score (nSPS) is 19.4. The Morgan fingerprint density at radius 3 is 2.80 bits per heavy atom. The van der Waals surface area contributed by atoms with Crippen LogP contribution in [-0.4, -0.2) is 74.0 Å². The number of fused-ring (bicyclic) bond motifs is 2. The standard InChI is InChI=1S/C21H24N6O2S/c1-14-4-3-5-15(10-14)27-19-17(12-22-27)20(29)26-16(13-30-21(26)23-19)11-18(28)25-8-6-24(2)7-9-25/h3-5,10,12,16H,6-9,11,13H2,1-2H3/t16-/m0/s1. The first-order valence-corrected chi connectivity index (χ1v) is 11.2. The molecule has 1 atom stereocenters. The molecule has 0 bridgehead atoms. The van der Waals surface area contributed by atoms with Crippen LogP contribution < -0.4 is 5.56 Å². The van der Waals surface area contributed by atoms with Gasteiger partial charge in [-0.05, 0) is 31.7 Å². The van der Waals surface area contributed by atoms with Crippen molar-refractivity contribution in [1.29, 1.82) is 0 Å². The summed E-state index contributed by atoms with van der Waals surface area (Å²) >= 11 is 1.54. The molecule has 8 nitrogen and oxygen atoms in total. The molecule has 30 heavy (non-hydrogen) atoms. The molecule has 1 fully saturated rings. The van der Waals surface area contributed by atoms with Crippen molar-refractivity contribution in [2.24, 2.45) is 0 Å². The summed E-state index contributed by atoms with van der Waals surface area (Å²) in [6, 6.07) is 7.80. The van der Waals surface area contributed by atoms with Crippen LogP contribution in [0, 0.1) is 6.92 Å². The molecule has 3 aromatic rings. The molecule has 1 amide bonds. The largest absolute Gasteiger partial charge is 0.340 e. The maximum absolute atomic E-state index is 13.3.